The van der Waals surface area contributed by atoms with E-state index in [-0.39, 0.29) is 11.9 Å². The summed E-state index contributed by atoms with van der Waals surface area (Å²) in [4.78, 5) is 24.6. The standard InChI is InChI=1S/C26H26ClN6OP/c1-16-11-19(20-12-18-5-3-4-6-23(18)28-13-20)14-29-25(16)31-26(34)24-22(27)15-30-33(24)21-7-9-32(10-8-21)17(2)35/h3-6,11-15,21,35H,7-10H2,1-2H3,(H,29,31,34). The van der Waals surface area contributed by atoms with E-state index in [0.29, 0.717) is 16.5 Å². The summed E-state index contributed by atoms with van der Waals surface area (Å²) in [7, 11) is 3.61. The average Bonchev–Trinajstić information content (AvgIpc) is 3.26. The summed E-state index contributed by atoms with van der Waals surface area (Å²) in [6.45, 7) is 5.75. The van der Waals surface area contributed by atoms with E-state index >= 15 is 0 Å². The van der Waals surface area contributed by atoms with Crippen LogP contribution in [0, 0.1) is 6.92 Å². The maximum Gasteiger partial charge on any atom is 0.276 e. The summed E-state index contributed by atoms with van der Waals surface area (Å²) < 4.78 is 1.77. The highest BCUT2D eigenvalue weighted by Crippen LogP contribution is 2.29. The second-order valence-electron chi connectivity index (χ2n) is 8.85. The Hall–Kier alpha value is -3.12. The summed E-state index contributed by atoms with van der Waals surface area (Å²) in [5.41, 5.74) is 5.19. The van der Waals surface area contributed by atoms with Gasteiger partial charge < -0.3 is 5.32 Å². The molecule has 4 heterocycles. The highest BCUT2D eigenvalue weighted by molar-refractivity contribution is 7.20. The fraction of sp³-hybridized carbons (Fsp3) is 0.269. The van der Waals surface area contributed by atoms with Crippen LogP contribution in [0.1, 0.15) is 41.9 Å². The number of anilines is 1. The van der Waals surface area contributed by atoms with Crippen molar-refractivity contribution in [2.24, 2.45) is 0 Å². The SMILES string of the molecule is CC(=P)N1CCC(n2ncc(Cl)c2C(=O)Nc2ncc(-c3cnc4ccccc4c3)cc2C)CC1. The van der Waals surface area contributed by atoms with Crippen LogP contribution >= 0.6 is 20.5 Å². The molecule has 0 unspecified atom stereocenters. The Labute approximate surface area is 211 Å². The summed E-state index contributed by atoms with van der Waals surface area (Å²) in [6, 6.07) is 12.2. The lowest BCUT2D eigenvalue weighted by Crippen LogP contribution is -2.37. The Morgan fingerprint density at radius 1 is 1.09 bits per heavy atom. The third-order valence-corrected chi connectivity index (χ3v) is 7.08. The maximum absolute atomic E-state index is 13.3. The van der Waals surface area contributed by atoms with Crippen molar-refractivity contribution in [2.75, 3.05) is 18.4 Å². The predicted octanol–water partition coefficient (Wildman–Crippen LogP) is 5.64. The second kappa shape index (κ2) is 9.86. The third-order valence-electron chi connectivity index (χ3n) is 6.48. The Morgan fingerprint density at radius 2 is 1.80 bits per heavy atom. The van der Waals surface area contributed by atoms with Crippen LogP contribution in [0.25, 0.3) is 22.0 Å². The number of likely N-dealkylation sites (tertiary alicyclic amines) is 1. The van der Waals surface area contributed by atoms with Gasteiger partial charge in [0.25, 0.3) is 5.91 Å². The molecule has 1 N–H and O–H groups in total. The molecular weight excluding hydrogens is 479 g/mol. The van der Waals surface area contributed by atoms with E-state index in [1.165, 1.54) is 0 Å². The van der Waals surface area contributed by atoms with Gasteiger partial charge in [-0.2, -0.15) is 5.10 Å². The number of hydrogen-bond donors (Lipinski definition) is 1. The van der Waals surface area contributed by atoms with E-state index in [4.69, 9.17) is 11.6 Å². The van der Waals surface area contributed by atoms with E-state index in [1.54, 1.807) is 17.1 Å². The summed E-state index contributed by atoms with van der Waals surface area (Å²) in [5.74, 6) is 0.184. The topological polar surface area (TPSA) is 75.9 Å². The molecule has 0 spiro atoms. The van der Waals surface area contributed by atoms with Gasteiger partial charge in [-0.25, -0.2) is 4.98 Å². The Kier molecular flexibility index (Phi) is 6.65. The molecule has 3 aromatic heterocycles. The minimum absolute atomic E-state index is 0.113. The molecule has 9 heteroatoms. The monoisotopic (exact) mass is 504 g/mol. The number of halogens is 1. The predicted molar refractivity (Wildman–Crippen MR) is 144 cm³/mol. The van der Waals surface area contributed by atoms with Crippen LogP contribution in [0.5, 0.6) is 0 Å². The van der Waals surface area contributed by atoms with Gasteiger partial charge in [-0.3, -0.25) is 19.4 Å². The summed E-state index contributed by atoms with van der Waals surface area (Å²) in [6.07, 6.45) is 6.90. The fourth-order valence-corrected chi connectivity index (χ4v) is 4.98. The van der Waals surface area contributed by atoms with Crippen molar-refractivity contribution in [3.05, 3.63) is 71.3 Å². The summed E-state index contributed by atoms with van der Waals surface area (Å²) >= 11 is 6.40. The zero-order chi connectivity index (χ0) is 24.5. The van der Waals surface area contributed by atoms with Gasteiger partial charge in [-0.1, -0.05) is 29.8 Å². The molecule has 4 aromatic rings. The number of rotatable bonds is 5. The number of amides is 1. The van der Waals surface area contributed by atoms with Crippen molar-refractivity contribution < 1.29 is 4.79 Å². The number of nitrogens with one attached hydrogen (secondary N) is 1. The van der Waals surface area contributed by atoms with E-state index in [2.05, 4.69) is 40.2 Å². The first-order chi connectivity index (χ1) is 16.9. The van der Waals surface area contributed by atoms with E-state index in [9.17, 15) is 4.79 Å². The van der Waals surface area contributed by atoms with Gasteiger partial charge in [-0.15, -0.1) is 8.86 Å². The highest BCUT2D eigenvalue weighted by Gasteiger charge is 2.27. The van der Waals surface area contributed by atoms with Crippen LogP contribution in [0.2, 0.25) is 5.02 Å². The molecule has 0 aliphatic carbocycles. The molecule has 1 aliphatic heterocycles. The zero-order valence-corrected chi connectivity index (χ0v) is 21.4. The molecule has 0 bridgehead atoms. The van der Waals surface area contributed by atoms with Crippen molar-refractivity contribution in [2.45, 2.75) is 32.7 Å². The number of aryl methyl sites for hydroxylation is 1. The van der Waals surface area contributed by atoms with E-state index in [1.807, 2.05) is 50.4 Å². The first-order valence-electron chi connectivity index (χ1n) is 11.6. The van der Waals surface area contributed by atoms with Gasteiger partial charge in [0.15, 0.2) is 0 Å². The molecule has 0 atom stereocenters. The lowest BCUT2D eigenvalue weighted by molar-refractivity contribution is 0.101. The van der Waals surface area contributed by atoms with Crippen molar-refractivity contribution in [3.63, 3.8) is 0 Å². The molecule has 1 amide bonds. The number of aromatic nitrogens is 4. The number of fused-ring (bicyclic) bond motifs is 1. The number of para-hydroxylation sites is 1. The lowest BCUT2D eigenvalue weighted by atomic mass is 10.0. The zero-order valence-electron chi connectivity index (χ0n) is 19.6. The van der Waals surface area contributed by atoms with Crippen LogP contribution < -0.4 is 5.32 Å². The van der Waals surface area contributed by atoms with Gasteiger partial charge in [0.1, 0.15) is 11.5 Å². The number of carbonyl (C=O) groups excluding carboxylic acids is 1. The van der Waals surface area contributed by atoms with Crippen LogP contribution in [0.15, 0.2) is 55.0 Å². The van der Waals surface area contributed by atoms with Crippen LogP contribution in [0.3, 0.4) is 0 Å². The number of carbonyl (C=O) groups is 1. The highest BCUT2D eigenvalue weighted by atomic mass is 35.5. The van der Waals surface area contributed by atoms with Crippen molar-refractivity contribution in [1.82, 2.24) is 24.6 Å². The number of hydrogen-bond acceptors (Lipinski definition) is 4. The number of nitrogens with zero attached hydrogens (tertiary/aromatic N) is 5. The van der Waals surface area contributed by atoms with Crippen molar-refractivity contribution >= 4 is 48.5 Å². The number of pyridine rings is 2. The molecule has 1 aromatic carbocycles. The molecule has 0 radical (unpaired) electrons. The van der Waals surface area contributed by atoms with Gasteiger partial charge >= 0.3 is 0 Å². The normalized spacial score (nSPS) is 14.8. The Bertz CT molecular complexity index is 1430. The molecule has 35 heavy (non-hydrogen) atoms. The molecule has 1 aliphatic rings. The third kappa shape index (κ3) is 4.85. The lowest BCUT2D eigenvalue weighted by Gasteiger charge is -2.32. The average molecular weight is 505 g/mol. The minimum atomic E-state index is -0.312. The van der Waals surface area contributed by atoms with Gasteiger partial charge in [-0.05, 0) is 50.5 Å². The van der Waals surface area contributed by atoms with E-state index < -0.39 is 0 Å². The molecule has 5 rings (SSSR count). The van der Waals surface area contributed by atoms with E-state index in [0.717, 1.165) is 58.9 Å². The largest absolute Gasteiger partial charge is 0.305 e. The molecule has 0 saturated carbocycles. The van der Waals surface area contributed by atoms with Gasteiger partial charge in [0.2, 0.25) is 0 Å². The van der Waals surface area contributed by atoms with Crippen LogP contribution in [0.4, 0.5) is 5.82 Å². The maximum atomic E-state index is 13.3. The second-order valence-corrected chi connectivity index (χ2v) is 9.98. The first kappa shape index (κ1) is 23.6. The Balaban J connectivity index is 1.35. The molecular formula is C26H26ClN6OP. The van der Waals surface area contributed by atoms with Crippen molar-refractivity contribution in [1.29, 1.82) is 0 Å². The van der Waals surface area contributed by atoms with Crippen LogP contribution in [-0.2, 0) is 0 Å². The quantitative estimate of drug-likeness (QED) is 0.356. The van der Waals surface area contributed by atoms with Crippen LogP contribution in [-0.4, -0.2) is 49.1 Å². The first-order valence-corrected chi connectivity index (χ1v) is 12.4. The molecule has 1 fully saturated rings. The number of piperidine rings is 1. The fourth-order valence-electron chi connectivity index (χ4n) is 4.54. The smallest absolute Gasteiger partial charge is 0.276 e. The number of benzene rings is 1. The molecule has 1 saturated heterocycles. The summed E-state index contributed by atoms with van der Waals surface area (Å²) in [5, 5.41) is 8.77. The van der Waals surface area contributed by atoms with Gasteiger partial charge in [0.05, 0.1) is 22.8 Å². The molecule has 7 nitrogen and oxygen atoms in total. The Morgan fingerprint density at radius 3 is 2.54 bits per heavy atom. The molecule has 178 valence electrons. The van der Waals surface area contributed by atoms with Gasteiger partial charge in [0, 0.05) is 47.4 Å². The minimum Gasteiger partial charge on any atom is -0.305 e. The van der Waals surface area contributed by atoms with Crippen molar-refractivity contribution in [3.8, 4) is 11.1 Å².